The molecule has 0 bridgehead atoms. The van der Waals surface area contributed by atoms with Crippen LogP contribution < -0.4 is 5.43 Å². The van der Waals surface area contributed by atoms with Crippen LogP contribution in [0, 0.1) is 0 Å². The van der Waals surface area contributed by atoms with Crippen LogP contribution in [0.3, 0.4) is 0 Å². The van der Waals surface area contributed by atoms with Crippen molar-refractivity contribution >= 4 is 28.7 Å². The molecule has 0 atom stereocenters. The van der Waals surface area contributed by atoms with Crippen LogP contribution in [-0.2, 0) is 4.79 Å². The van der Waals surface area contributed by atoms with Gasteiger partial charge in [0.05, 0.1) is 11.3 Å². The Balaban J connectivity index is 2.40. The van der Waals surface area contributed by atoms with Crippen molar-refractivity contribution in [3.05, 3.63) is 35.4 Å². The molecule has 0 aliphatic carbocycles. The summed E-state index contributed by atoms with van der Waals surface area (Å²) in [6.45, 7) is 0. The number of nitrogens with zero attached hydrogens (tertiary/aromatic N) is 1. The standard InChI is InChI=1S/C10H8N2O3S/c13-8-5-16-9(12-11-8)6-3-1-2-4-7(6)10(14)15/h1-4H,5H2,(H,11,13)(H,14,15). The van der Waals surface area contributed by atoms with Crippen molar-refractivity contribution in [2.45, 2.75) is 0 Å². The molecule has 1 heterocycles. The minimum Gasteiger partial charge on any atom is -0.478 e. The van der Waals surface area contributed by atoms with Crippen LogP contribution in [0.15, 0.2) is 29.4 Å². The summed E-state index contributed by atoms with van der Waals surface area (Å²) in [5.74, 6) is -0.926. The number of hydrogen-bond donors (Lipinski definition) is 2. The van der Waals surface area contributed by atoms with E-state index >= 15 is 0 Å². The molecule has 1 amide bonds. The van der Waals surface area contributed by atoms with Gasteiger partial charge in [-0.3, -0.25) is 4.79 Å². The predicted molar refractivity (Wildman–Crippen MR) is 60.5 cm³/mol. The molecule has 16 heavy (non-hydrogen) atoms. The molecule has 1 aliphatic heterocycles. The van der Waals surface area contributed by atoms with Gasteiger partial charge in [-0.1, -0.05) is 30.0 Å². The first-order chi connectivity index (χ1) is 7.68. The van der Waals surface area contributed by atoms with E-state index in [1.54, 1.807) is 18.2 Å². The van der Waals surface area contributed by atoms with E-state index in [0.29, 0.717) is 10.6 Å². The van der Waals surface area contributed by atoms with Crippen LogP contribution in [0.25, 0.3) is 0 Å². The number of aromatic carboxylic acids is 1. The predicted octanol–water partition coefficient (Wildman–Crippen LogP) is 0.909. The maximum Gasteiger partial charge on any atom is 0.336 e. The maximum absolute atomic E-state index is 11.0. The highest BCUT2D eigenvalue weighted by molar-refractivity contribution is 8.15. The molecule has 0 radical (unpaired) electrons. The van der Waals surface area contributed by atoms with Crippen LogP contribution in [0.4, 0.5) is 0 Å². The van der Waals surface area contributed by atoms with Gasteiger partial charge in [0.1, 0.15) is 5.04 Å². The molecular formula is C10H8N2O3S. The Kier molecular flexibility index (Phi) is 2.91. The van der Waals surface area contributed by atoms with E-state index in [1.807, 2.05) is 0 Å². The number of carbonyl (C=O) groups is 2. The lowest BCUT2D eigenvalue weighted by molar-refractivity contribution is -0.118. The molecule has 2 N–H and O–H groups in total. The minimum absolute atomic E-state index is 0.179. The van der Waals surface area contributed by atoms with Crippen molar-refractivity contribution in [2.24, 2.45) is 5.10 Å². The topological polar surface area (TPSA) is 78.8 Å². The Hall–Kier alpha value is -1.82. The maximum atomic E-state index is 11.0. The summed E-state index contributed by atoms with van der Waals surface area (Å²) < 4.78 is 0. The van der Waals surface area contributed by atoms with E-state index in [1.165, 1.54) is 17.8 Å². The van der Waals surface area contributed by atoms with Gasteiger partial charge in [-0.05, 0) is 6.07 Å². The van der Waals surface area contributed by atoms with Gasteiger partial charge >= 0.3 is 5.97 Å². The van der Waals surface area contributed by atoms with Crippen LogP contribution >= 0.6 is 11.8 Å². The summed E-state index contributed by atoms with van der Waals surface area (Å²) in [5.41, 5.74) is 3.04. The van der Waals surface area contributed by atoms with Gasteiger partial charge in [0.25, 0.3) is 5.91 Å². The van der Waals surface area contributed by atoms with Crippen LogP contribution in [-0.4, -0.2) is 27.8 Å². The van der Waals surface area contributed by atoms with Crippen molar-refractivity contribution in [2.75, 3.05) is 5.75 Å². The summed E-state index contributed by atoms with van der Waals surface area (Å²) >= 11 is 1.23. The van der Waals surface area contributed by atoms with Gasteiger partial charge < -0.3 is 5.11 Å². The fourth-order valence-electron chi connectivity index (χ4n) is 1.31. The van der Waals surface area contributed by atoms with Gasteiger partial charge in [-0.15, -0.1) is 0 Å². The Bertz CT molecular complexity index is 485. The Labute approximate surface area is 95.5 Å². The molecular weight excluding hydrogens is 228 g/mol. The first kappa shape index (κ1) is 10.7. The first-order valence-electron chi connectivity index (χ1n) is 4.50. The normalized spacial score (nSPS) is 15.2. The van der Waals surface area contributed by atoms with Gasteiger partial charge in [0.2, 0.25) is 0 Å². The van der Waals surface area contributed by atoms with E-state index in [4.69, 9.17) is 5.11 Å². The van der Waals surface area contributed by atoms with Crippen molar-refractivity contribution in [1.29, 1.82) is 0 Å². The molecule has 1 aromatic carbocycles. The second kappa shape index (κ2) is 4.36. The third-order valence-electron chi connectivity index (χ3n) is 2.01. The largest absolute Gasteiger partial charge is 0.478 e. The number of amides is 1. The third-order valence-corrected chi connectivity index (χ3v) is 3.00. The third kappa shape index (κ3) is 2.06. The molecule has 82 valence electrons. The number of benzene rings is 1. The van der Waals surface area contributed by atoms with Crippen molar-refractivity contribution in [3.8, 4) is 0 Å². The SMILES string of the molecule is O=C1CSC(c2ccccc2C(=O)O)=NN1. The molecule has 2 rings (SSSR count). The number of hydrazone groups is 1. The molecule has 0 saturated carbocycles. The second-order valence-corrected chi connectivity index (χ2v) is 4.06. The van der Waals surface area contributed by atoms with Gasteiger partial charge in [0, 0.05) is 5.56 Å². The molecule has 1 aliphatic rings. The number of carboxylic acid groups (broad SMARTS) is 1. The van der Waals surface area contributed by atoms with E-state index in [2.05, 4.69) is 10.5 Å². The number of thioether (sulfide) groups is 1. The number of carbonyl (C=O) groups excluding carboxylic acids is 1. The summed E-state index contributed by atoms with van der Waals surface area (Å²) in [6.07, 6.45) is 0. The fraction of sp³-hybridized carbons (Fsp3) is 0.100. The molecule has 1 aromatic rings. The smallest absolute Gasteiger partial charge is 0.336 e. The fourth-order valence-corrected chi connectivity index (χ4v) is 2.08. The first-order valence-corrected chi connectivity index (χ1v) is 5.49. The van der Waals surface area contributed by atoms with Crippen LogP contribution in [0.2, 0.25) is 0 Å². The van der Waals surface area contributed by atoms with Crippen molar-refractivity contribution < 1.29 is 14.7 Å². The number of nitrogens with one attached hydrogen (secondary N) is 1. The zero-order valence-corrected chi connectivity index (χ0v) is 8.95. The molecule has 0 unspecified atom stereocenters. The highest BCUT2D eigenvalue weighted by atomic mass is 32.2. The Morgan fingerprint density at radius 1 is 1.44 bits per heavy atom. The number of rotatable bonds is 2. The molecule has 5 nitrogen and oxygen atoms in total. The Morgan fingerprint density at radius 2 is 2.19 bits per heavy atom. The van der Waals surface area contributed by atoms with Gasteiger partial charge in [-0.2, -0.15) is 5.10 Å². The second-order valence-electron chi connectivity index (χ2n) is 3.09. The summed E-state index contributed by atoms with van der Waals surface area (Å²) in [7, 11) is 0. The van der Waals surface area contributed by atoms with E-state index in [0.717, 1.165) is 0 Å². The zero-order chi connectivity index (χ0) is 11.5. The van der Waals surface area contributed by atoms with Crippen LogP contribution in [0.5, 0.6) is 0 Å². The minimum atomic E-state index is -1.00. The highest BCUT2D eigenvalue weighted by Crippen LogP contribution is 2.19. The molecule has 0 saturated heterocycles. The molecule has 0 spiro atoms. The summed E-state index contributed by atoms with van der Waals surface area (Å²) in [4.78, 5) is 21.9. The zero-order valence-electron chi connectivity index (χ0n) is 8.14. The lowest BCUT2D eigenvalue weighted by Crippen LogP contribution is -2.27. The highest BCUT2D eigenvalue weighted by Gasteiger charge is 2.18. The summed E-state index contributed by atoms with van der Waals surface area (Å²) in [5, 5.41) is 13.4. The average Bonchev–Trinajstić information content (AvgIpc) is 2.30. The molecule has 0 aromatic heterocycles. The monoisotopic (exact) mass is 236 g/mol. The number of carboxylic acids is 1. The van der Waals surface area contributed by atoms with Gasteiger partial charge in [-0.25, -0.2) is 10.2 Å². The molecule has 0 fully saturated rings. The quantitative estimate of drug-likeness (QED) is 0.800. The van der Waals surface area contributed by atoms with Crippen LogP contribution in [0.1, 0.15) is 15.9 Å². The van der Waals surface area contributed by atoms with Crippen molar-refractivity contribution in [1.82, 2.24) is 5.43 Å². The van der Waals surface area contributed by atoms with E-state index in [-0.39, 0.29) is 17.2 Å². The lowest BCUT2D eigenvalue weighted by atomic mass is 10.1. The van der Waals surface area contributed by atoms with E-state index in [9.17, 15) is 9.59 Å². The van der Waals surface area contributed by atoms with E-state index < -0.39 is 5.97 Å². The van der Waals surface area contributed by atoms with Crippen molar-refractivity contribution in [3.63, 3.8) is 0 Å². The van der Waals surface area contributed by atoms with Gasteiger partial charge in [0.15, 0.2) is 0 Å². The molecule has 6 heteroatoms. The Morgan fingerprint density at radius 3 is 2.81 bits per heavy atom. The number of hydrogen-bond acceptors (Lipinski definition) is 4. The summed E-state index contributed by atoms with van der Waals surface area (Å²) in [6, 6.07) is 6.57. The average molecular weight is 236 g/mol. The lowest BCUT2D eigenvalue weighted by Gasteiger charge is -2.12.